The molecule has 3 amide bonds. The smallest absolute Gasteiger partial charge is 0.327 e. The molecule has 0 aromatic heterocycles. The highest BCUT2D eigenvalue weighted by atomic mass is 16.5. The van der Waals surface area contributed by atoms with Gasteiger partial charge in [-0.25, -0.2) is 4.79 Å². The molecule has 1 aromatic carbocycles. The number of rotatable bonds is 5. The minimum atomic E-state index is -0.201. The number of carbonyl (C=O) groups is 2. The van der Waals surface area contributed by atoms with Gasteiger partial charge < -0.3 is 9.64 Å². The number of aryl methyl sites for hydroxylation is 2. The summed E-state index contributed by atoms with van der Waals surface area (Å²) in [6, 6.07) is 5.76. The molecular formula is C17H22N2O3. The number of nitrogens with zero attached hydrogens (tertiary/aromatic N) is 2. The van der Waals surface area contributed by atoms with Crippen LogP contribution in [0.25, 0.3) is 0 Å². The van der Waals surface area contributed by atoms with E-state index in [2.05, 4.69) is 6.07 Å². The van der Waals surface area contributed by atoms with Crippen molar-refractivity contribution >= 4 is 11.9 Å². The second kappa shape index (κ2) is 5.99. The minimum Gasteiger partial charge on any atom is -0.494 e. The number of hydrogen-bond acceptors (Lipinski definition) is 3. The van der Waals surface area contributed by atoms with Crippen LogP contribution in [0.15, 0.2) is 18.2 Å². The lowest BCUT2D eigenvalue weighted by Gasteiger charge is -2.15. The Balaban J connectivity index is 1.49. The Morgan fingerprint density at radius 2 is 1.91 bits per heavy atom. The van der Waals surface area contributed by atoms with Crippen LogP contribution in [0, 0.1) is 13.8 Å². The van der Waals surface area contributed by atoms with Crippen LogP contribution < -0.4 is 4.74 Å². The van der Waals surface area contributed by atoms with Crippen LogP contribution in [0.2, 0.25) is 0 Å². The molecule has 0 radical (unpaired) electrons. The quantitative estimate of drug-likeness (QED) is 0.620. The van der Waals surface area contributed by atoms with Crippen LogP contribution in [0.3, 0.4) is 0 Å². The number of imide groups is 1. The van der Waals surface area contributed by atoms with Crippen molar-refractivity contribution in [1.82, 2.24) is 9.80 Å². The summed E-state index contributed by atoms with van der Waals surface area (Å²) in [5.74, 6) is 0.811. The molecule has 0 bridgehead atoms. The summed E-state index contributed by atoms with van der Waals surface area (Å²) >= 11 is 0. The summed E-state index contributed by atoms with van der Waals surface area (Å²) in [7, 11) is 0. The Hall–Kier alpha value is -2.04. The van der Waals surface area contributed by atoms with E-state index in [1.54, 1.807) is 4.90 Å². The molecule has 2 saturated heterocycles. The molecule has 2 aliphatic rings. The number of ether oxygens (including phenoxy) is 1. The van der Waals surface area contributed by atoms with Crippen molar-refractivity contribution < 1.29 is 14.3 Å². The number of fused-ring (bicyclic) bond motifs is 1. The van der Waals surface area contributed by atoms with Gasteiger partial charge in [0.25, 0.3) is 5.91 Å². The van der Waals surface area contributed by atoms with Crippen molar-refractivity contribution in [3.63, 3.8) is 0 Å². The summed E-state index contributed by atoms with van der Waals surface area (Å²) in [6.07, 6.45) is 2.40. The van der Waals surface area contributed by atoms with Gasteiger partial charge in [0.2, 0.25) is 0 Å². The molecule has 2 fully saturated rings. The minimum absolute atomic E-state index is 0.0334. The van der Waals surface area contributed by atoms with E-state index in [1.807, 2.05) is 26.0 Å². The highest BCUT2D eigenvalue weighted by Gasteiger charge is 2.46. The van der Waals surface area contributed by atoms with E-state index in [-0.39, 0.29) is 18.0 Å². The summed E-state index contributed by atoms with van der Waals surface area (Å²) in [6.45, 7) is 5.73. The van der Waals surface area contributed by atoms with E-state index in [0.29, 0.717) is 26.1 Å². The standard InChI is InChI=1S/C17H22N2O3/c1-12-9-13(2)11-14(10-12)22-8-4-7-19-16(20)15-5-3-6-18(15)17(19)21/h9-11,15H,3-8H2,1-2H3. The number of carbonyl (C=O) groups excluding carboxylic acids is 2. The van der Waals surface area contributed by atoms with Gasteiger partial charge >= 0.3 is 6.03 Å². The summed E-state index contributed by atoms with van der Waals surface area (Å²) in [4.78, 5) is 27.4. The fraction of sp³-hybridized carbons (Fsp3) is 0.529. The molecule has 5 heteroatoms. The van der Waals surface area contributed by atoms with E-state index >= 15 is 0 Å². The van der Waals surface area contributed by atoms with Gasteiger partial charge in [0.1, 0.15) is 11.8 Å². The zero-order valence-electron chi connectivity index (χ0n) is 13.2. The number of hydrogen-bond donors (Lipinski definition) is 0. The van der Waals surface area contributed by atoms with Gasteiger partial charge in [0.05, 0.1) is 6.61 Å². The predicted octanol–water partition coefficient (Wildman–Crippen LogP) is 2.50. The Kier molecular flexibility index (Phi) is 4.05. The second-order valence-corrected chi connectivity index (χ2v) is 6.15. The Bertz CT molecular complexity index is 557. The Labute approximate surface area is 130 Å². The molecule has 2 aliphatic heterocycles. The first-order valence-electron chi connectivity index (χ1n) is 7.89. The van der Waals surface area contributed by atoms with Crippen molar-refractivity contribution in [2.45, 2.75) is 39.2 Å². The van der Waals surface area contributed by atoms with Crippen molar-refractivity contribution in [3.8, 4) is 5.75 Å². The van der Waals surface area contributed by atoms with E-state index < -0.39 is 0 Å². The fourth-order valence-corrected chi connectivity index (χ4v) is 3.32. The molecule has 5 nitrogen and oxygen atoms in total. The maximum absolute atomic E-state index is 12.2. The maximum Gasteiger partial charge on any atom is 0.327 e. The molecular weight excluding hydrogens is 280 g/mol. The van der Waals surface area contributed by atoms with Gasteiger partial charge in [-0.2, -0.15) is 0 Å². The molecule has 1 unspecified atom stereocenters. The first-order valence-corrected chi connectivity index (χ1v) is 7.89. The van der Waals surface area contributed by atoms with E-state index in [9.17, 15) is 9.59 Å². The molecule has 2 heterocycles. The molecule has 0 spiro atoms. The zero-order chi connectivity index (χ0) is 15.7. The van der Waals surface area contributed by atoms with Gasteiger partial charge in [-0.05, 0) is 56.4 Å². The van der Waals surface area contributed by atoms with Gasteiger partial charge in [-0.15, -0.1) is 0 Å². The molecule has 3 rings (SSSR count). The highest BCUT2D eigenvalue weighted by molar-refractivity contribution is 6.04. The Morgan fingerprint density at radius 1 is 1.18 bits per heavy atom. The van der Waals surface area contributed by atoms with E-state index in [4.69, 9.17) is 4.74 Å². The van der Waals surface area contributed by atoms with Gasteiger partial charge in [0, 0.05) is 13.1 Å². The van der Waals surface area contributed by atoms with E-state index in [0.717, 1.165) is 18.6 Å². The van der Waals surface area contributed by atoms with E-state index in [1.165, 1.54) is 16.0 Å². The van der Waals surface area contributed by atoms with Crippen LogP contribution in [0.5, 0.6) is 5.75 Å². The molecule has 118 valence electrons. The zero-order valence-corrected chi connectivity index (χ0v) is 13.2. The Morgan fingerprint density at radius 3 is 2.59 bits per heavy atom. The first-order chi connectivity index (χ1) is 10.6. The highest BCUT2D eigenvalue weighted by Crippen LogP contribution is 2.27. The monoisotopic (exact) mass is 302 g/mol. The third-order valence-electron chi connectivity index (χ3n) is 4.27. The number of benzene rings is 1. The molecule has 0 aliphatic carbocycles. The average molecular weight is 302 g/mol. The van der Waals surface area contributed by atoms with Crippen molar-refractivity contribution in [2.24, 2.45) is 0 Å². The van der Waals surface area contributed by atoms with Crippen LogP contribution in [0.1, 0.15) is 30.4 Å². The van der Waals surface area contributed by atoms with Crippen LogP contribution >= 0.6 is 0 Å². The predicted molar refractivity (Wildman–Crippen MR) is 82.9 cm³/mol. The summed E-state index contributed by atoms with van der Waals surface area (Å²) in [5, 5.41) is 0. The molecule has 0 saturated carbocycles. The third-order valence-corrected chi connectivity index (χ3v) is 4.27. The van der Waals surface area contributed by atoms with Gasteiger partial charge in [-0.1, -0.05) is 6.07 Å². The van der Waals surface area contributed by atoms with Crippen molar-refractivity contribution in [2.75, 3.05) is 19.7 Å². The van der Waals surface area contributed by atoms with Crippen molar-refractivity contribution in [1.29, 1.82) is 0 Å². The largest absolute Gasteiger partial charge is 0.494 e. The first kappa shape index (κ1) is 14.9. The van der Waals surface area contributed by atoms with Crippen LogP contribution in [-0.4, -0.2) is 47.5 Å². The summed E-state index contributed by atoms with van der Waals surface area (Å²) in [5.41, 5.74) is 2.33. The summed E-state index contributed by atoms with van der Waals surface area (Å²) < 4.78 is 5.73. The van der Waals surface area contributed by atoms with Crippen LogP contribution in [0.4, 0.5) is 4.79 Å². The molecule has 1 aromatic rings. The molecule has 22 heavy (non-hydrogen) atoms. The average Bonchev–Trinajstić information content (AvgIpc) is 3.01. The van der Waals surface area contributed by atoms with Gasteiger partial charge in [0.15, 0.2) is 0 Å². The lowest BCUT2D eigenvalue weighted by molar-refractivity contribution is -0.128. The van der Waals surface area contributed by atoms with Crippen molar-refractivity contribution in [3.05, 3.63) is 29.3 Å². The number of amides is 3. The third kappa shape index (κ3) is 2.80. The topological polar surface area (TPSA) is 49.9 Å². The lowest BCUT2D eigenvalue weighted by Crippen LogP contribution is -2.34. The normalized spacial score (nSPS) is 20.7. The van der Waals surface area contributed by atoms with Crippen LogP contribution in [-0.2, 0) is 4.79 Å². The fourth-order valence-electron chi connectivity index (χ4n) is 3.32. The lowest BCUT2D eigenvalue weighted by atomic mass is 10.1. The molecule has 0 N–H and O–H groups in total. The SMILES string of the molecule is Cc1cc(C)cc(OCCCN2C(=O)C3CCCN3C2=O)c1. The van der Waals surface area contributed by atoms with Gasteiger partial charge in [-0.3, -0.25) is 9.69 Å². The second-order valence-electron chi connectivity index (χ2n) is 6.15. The maximum atomic E-state index is 12.2. The number of urea groups is 1. The molecule has 1 atom stereocenters.